The van der Waals surface area contributed by atoms with Gasteiger partial charge in [-0.1, -0.05) is 74.5 Å². The van der Waals surface area contributed by atoms with Gasteiger partial charge in [0, 0.05) is 17.5 Å². The van der Waals surface area contributed by atoms with Crippen LogP contribution in [0.3, 0.4) is 0 Å². The highest BCUT2D eigenvalue weighted by molar-refractivity contribution is 5.40. The Balaban J connectivity index is 1.55. The fraction of sp³-hybridized carbons (Fsp3) is 0.250. The van der Waals surface area contributed by atoms with E-state index in [4.69, 9.17) is 15.2 Å². The van der Waals surface area contributed by atoms with Gasteiger partial charge in [0.05, 0.1) is 0 Å². The van der Waals surface area contributed by atoms with E-state index in [1.807, 2.05) is 42.5 Å². The highest BCUT2D eigenvalue weighted by atomic mass is 16.5. The lowest BCUT2D eigenvalue weighted by molar-refractivity contribution is 0.216. The Bertz CT molecular complexity index is 842. The maximum absolute atomic E-state index is 5.82. The summed E-state index contributed by atoms with van der Waals surface area (Å²) in [6.07, 6.45) is 0. The highest BCUT2D eigenvalue weighted by Crippen LogP contribution is 2.32. The molecule has 0 saturated heterocycles. The molecule has 0 aromatic heterocycles. The molecule has 0 bridgehead atoms. The van der Waals surface area contributed by atoms with E-state index in [2.05, 4.69) is 50.2 Å². The number of rotatable bonds is 8. The lowest BCUT2D eigenvalue weighted by Crippen LogP contribution is -2.18. The minimum Gasteiger partial charge on any atom is -0.490 e. The number of hydrogen-bond acceptors (Lipinski definition) is 3. The SMILES string of the molecule is CC(C)(c1ccccc1)c1ccc(OCCOc2ccccc2CN)cc1. The zero-order valence-corrected chi connectivity index (χ0v) is 16.0. The van der Waals surface area contributed by atoms with Crippen LogP contribution >= 0.6 is 0 Å². The molecule has 0 aliphatic heterocycles. The first-order valence-corrected chi connectivity index (χ1v) is 9.31. The minimum absolute atomic E-state index is 0.0468. The van der Waals surface area contributed by atoms with Crippen LogP contribution in [0.4, 0.5) is 0 Å². The Kier molecular flexibility index (Phi) is 6.15. The molecule has 0 radical (unpaired) electrons. The first-order chi connectivity index (χ1) is 13.1. The van der Waals surface area contributed by atoms with Gasteiger partial charge in [-0.3, -0.25) is 0 Å². The number of nitrogens with two attached hydrogens (primary N) is 1. The monoisotopic (exact) mass is 361 g/mol. The standard InChI is InChI=1S/C24H27NO2/c1-24(2,20-9-4-3-5-10-20)21-12-14-22(15-13-21)26-16-17-27-23-11-7-6-8-19(23)18-25/h3-15H,16-18,25H2,1-2H3. The van der Waals surface area contributed by atoms with Crippen molar-refractivity contribution < 1.29 is 9.47 Å². The van der Waals surface area contributed by atoms with E-state index in [0.29, 0.717) is 19.8 Å². The molecule has 0 aliphatic rings. The van der Waals surface area contributed by atoms with Crippen LogP contribution in [0.5, 0.6) is 11.5 Å². The Morgan fingerprint density at radius 1 is 0.704 bits per heavy atom. The van der Waals surface area contributed by atoms with Crippen molar-refractivity contribution in [2.24, 2.45) is 5.73 Å². The van der Waals surface area contributed by atoms with Gasteiger partial charge in [0.15, 0.2) is 0 Å². The van der Waals surface area contributed by atoms with Crippen molar-refractivity contribution in [2.75, 3.05) is 13.2 Å². The first-order valence-electron chi connectivity index (χ1n) is 9.31. The molecule has 0 saturated carbocycles. The lowest BCUT2D eigenvalue weighted by atomic mass is 9.78. The second-order valence-electron chi connectivity index (χ2n) is 7.02. The summed E-state index contributed by atoms with van der Waals surface area (Å²) in [5.74, 6) is 1.67. The van der Waals surface area contributed by atoms with Crippen LogP contribution < -0.4 is 15.2 Å². The molecule has 0 heterocycles. The van der Waals surface area contributed by atoms with Gasteiger partial charge in [-0.05, 0) is 29.3 Å². The van der Waals surface area contributed by atoms with E-state index >= 15 is 0 Å². The lowest BCUT2D eigenvalue weighted by Gasteiger charge is -2.26. The molecule has 3 heteroatoms. The summed E-state index contributed by atoms with van der Waals surface area (Å²) < 4.78 is 11.6. The maximum Gasteiger partial charge on any atom is 0.123 e. The molecule has 0 atom stereocenters. The van der Waals surface area contributed by atoms with E-state index < -0.39 is 0 Å². The first kappa shape index (κ1) is 19.0. The van der Waals surface area contributed by atoms with Crippen molar-refractivity contribution in [1.29, 1.82) is 0 Å². The van der Waals surface area contributed by atoms with Gasteiger partial charge in [-0.2, -0.15) is 0 Å². The van der Waals surface area contributed by atoms with E-state index in [1.165, 1.54) is 11.1 Å². The molecular weight excluding hydrogens is 334 g/mol. The summed E-state index contributed by atoms with van der Waals surface area (Å²) in [7, 11) is 0. The summed E-state index contributed by atoms with van der Waals surface area (Å²) in [5.41, 5.74) is 9.24. The molecule has 3 aromatic carbocycles. The van der Waals surface area contributed by atoms with Crippen molar-refractivity contribution in [3.63, 3.8) is 0 Å². The molecule has 2 N–H and O–H groups in total. The average molecular weight is 361 g/mol. The molecule has 0 spiro atoms. The number of para-hydroxylation sites is 1. The van der Waals surface area contributed by atoms with Crippen molar-refractivity contribution in [3.05, 3.63) is 95.6 Å². The topological polar surface area (TPSA) is 44.5 Å². The third-order valence-corrected chi connectivity index (χ3v) is 4.87. The van der Waals surface area contributed by atoms with Crippen molar-refractivity contribution in [1.82, 2.24) is 0 Å². The molecule has 0 aliphatic carbocycles. The maximum atomic E-state index is 5.82. The summed E-state index contributed by atoms with van der Waals surface area (Å²) in [4.78, 5) is 0. The number of hydrogen-bond donors (Lipinski definition) is 1. The van der Waals surface area contributed by atoms with Crippen LogP contribution in [0.2, 0.25) is 0 Å². The van der Waals surface area contributed by atoms with E-state index in [0.717, 1.165) is 17.1 Å². The van der Waals surface area contributed by atoms with Crippen LogP contribution in [0.25, 0.3) is 0 Å². The van der Waals surface area contributed by atoms with Crippen LogP contribution in [0.1, 0.15) is 30.5 Å². The second kappa shape index (κ2) is 8.74. The van der Waals surface area contributed by atoms with Crippen molar-refractivity contribution in [2.45, 2.75) is 25.8 Å². The molecule has 3 nitrogen and oxygen atoms in total. The Labute approximate surface area is 161 Å². The van der Waals surface area contributed by atoms with Gasteiger partial charge < -0.3 is 15.2 Å². The zero-order chi connectivity index (χ0) is 19.1. The van der Waals surface area contributed by atoms with Gasteiger partial charge in [-0.25, -0.2) is 0 Å². The minimum atomic E-state index is -0.0468. The van der Waals surface area contributed by atoms with Crippen LogP contribution in [-0.4, -0.2) is 13.2 Å². The second-order valence-corrected chi connectivity index (χ2v) is 7.02. The fourth-order valence-electron chi connectivity index (χ4n) is 3.11. The van der Waals surface area contributed by atoms with Crippen LogP contribution in [0, 0.1) is 0 Å². The van der Waals surface area contributed by atoms with Crippen LogP contribution in [-0.2, 0) is 12.0 Å². The van der Waals surface area contributed by atoms with Gasteiger partial charge in [0.25, 0.3) is 0 Å². The quantitative estimate of drug-likeness (QED) is 0.579. The molecule has 0 fully saturated rings. The van der Waals surface area contributed by atoms with Gasteiger partial charge in [0.1, 0.15) is 24.7 Å². The molecule has 0 amide bonds. The molecule has 140 valence electrons. The third-order valence-electron chi connectivity index (χ3n) is 4.87. The average Bonchev–Trinajstić information content (AvgIpc) is 2.72. The molecular formula is C24H27NO2. The van der Waals surface area contributed by atoms with E-state index in [9.17, 15) is 0 Å². The number of benzene rings is 3. The Morgan fingerprint density at radius 3 is 2.00 bits per heavy atom. The smallest absolute Gasteiger partial charge is 0.123 e. The molecule has 3 rings (SSSR count). The van der Waals surface area contributed by atoms with Gasteiger partial charge in [-0.15, -0.1) is 0 Å². The molecule has 3 aromatic rings. The van der Waals surface area contributed by atoms with E-state index in [-0.39, 0.29) is 5.41 Å². The predicted molar refractivity (Wildman–Crippen MR) is 110 cm³/mol. The third kappa shape index (κ3) is 4.69. The molecule has 27 heavy (non-hydrogen) atoms. The van der Waals surface area contributed by atoms with E-state index in [1.54, 1.807) is 0 Å². The van der Waals surface area contributed by atoms with Crippen molar-refractivity contribution >= 4 is 0 Å². The van der Waals surface area contributed by atoms with Crippen molar-refractivity contribution in [3.8, 4) is 11.5 Å². The van der Waals surface area contributed by atoms with Crippen LogP contribution in [0.15, 0.2) is 78.9 Å². The Hall–Kier alpha value is -2.78. The highest BCUT2D eigenvalue weighted by Gasteiger charge is 2.22. The Morgan fingerprint density at radius 2 is 1.30 bits per heavy atom. The predicted octanol–water partition coefficient (Wildman–Crippen LogP) is 4.93. The summed E-state index contributed by atoms with van der Waals surface area (Å²) >= 11 is 0. The van der Waals surface area contributed by atoms with Gasteiger partial charge in [0.2, 0.25) is 0 Å². The number of ether oxygens (including phenoxy) is 2. The summed E-state index contributed by atoms with van der Waals surface area (Å²) in [5, 5.41) is 0. The fourth-order valence-corrected chi connectivity index (χ4v) is 3.11. The molecule has 0 unspecified atom stereocenters. The summed E-state index contributed by atoms with van der Waals surface area (Å²) in [6.45, 7) is 5.91. The summed E-state index contributed by atoms with van der Waals surface area (Å²) in [6, 6.07) is 26.7. The normalized spacial score (nSPS) is 11.2. The zero-order valence-electron chi connectivity index (χ0n) is 16.0. The largest absolute Gasteiger partial charge is 0.490 e. The van der Waals surface area contributed by atoms with Gasteiger partial charge >= 0.3 is 0 Å².